The van der Waals surface area contributed by atoms with Crippen LogP contribution < -0.4 is 20.3 Å². The maximum atomic E-state index is 13.4. The lowest BCUT2D eigenvalue weighted by Crippen LogP contribution is -2.46. The number of amides is 1. The number of aryl methyl sites for hydroxylation is 1. The summed E-state index contributed by atoms with van der Waals surface area (Å²) in [6, 6.07) is 4.20. The van der Waals surface area contributed by atoms with Crippen LogP contribution in [0.5, 0.6) is 5.75 Å². The van der Waals surface area contributed by atoms with Crippen LogP contribution in [-0.4, -0.2) is 45.9 Å². The van der Waals surface area contributed by atoms with Crippen molar-refractivity contribution < 1.29 is 13.9 Å². The Bertz CT molecular complexity index is 1150. The number of halogens is 1. The van der Waals surface area contributed by atoms with E-state index in [1.807, 2.05) is 32.0 Å². The van der Waals surface area contributed by atoms with Gasteiger partial charge in [-0.2, -0.15) is 10.1 Å². The number of anilines is 3. The first-order chi connectivity index (χ1) is 15.4. The van der Waals surface area contributed by atoms with Gasteiger partial charge in [0.1, 0.15) is 23.3 Å². The van der Waals surface area contributed by atoms with Gasteiger partial charge in [-0.25, -0.2) is 9.37 Å². The molecule has 0 fully saturated rings. The fourth-order valence-corrected chi connectivity index (χ4v) is 3.82. The Labute approximate surface area is 185 Å². The topological polar surface area (TPSA) is 97.2 Å². The average Bonchev–Trinajstić information content (AvgIpc) is 3.22. The van der Waals surface area contributed by atoms with Crippen molar-refractivity contribution in [1.29, 1.82) is 0 Å². The van der Waals surface area contributed by atoms with Crippen LogP contribution in [0.15, 0.2) is 30.6 Å². The maximum absolute atomic E-state index is 13.4. The van der Waals surface area contributed by atoms with E-state index in [-0.39, 0.29) is 17.8 Å². The van der Waals surface area contributed by atoms with E-state index in [0.29, 0.717) is 48.4 Å². The Kier molecular flexibility index (Phi) is 5.93. The van der Waals surface area contributed by atoms with Crippen molar-refractivity contribution in [1.82, 2.24) is 19.7 Å². The zero-order chi connectivity index (χ0) is 22.8. The Morgan fingerprint density at radius 1 is 1.31 bits per heavy atom. The summed E-state index contributed by atoms with van der Waals surface area (Å²) < 4.78 is 20.4. The van der Waals surface area contributed by atoms with Gasteiger partial charge in [0, 0.05) is 37.0 Å². The predicted octanol–water partition coefficient (Wildman–Crippen LogP) is 2.96. The van der Waals surface area contributed by atoms with E-state index in [4.69, 9.17) is 4.74 Å². The second kappa shape index (κ2) is 8.81. The molecule has 32 heavy (non-hydrogen) atoms. The summed E-state index contributed by atoms with van der Waals surface area (Å²) in [6.07, 6.45) is 4.35. The fourth-order valence-electron chi connectivity index (χ4n) is 3.82. The molecule has 0 spiro atoms. The van der Waals surface area contributed by atoms with Gasteiger partial charge < -0.3 is 20.3 Å². The van der Waals surface area contributed by atoms with Crippen molar-refractivity contribution in [3.63, 3.8) is 0 Å². The minimum Gasteiger partial charge on any atom is -0.496 e. The lowest BCUT2D eigenvalue weighted by Gasteiger charge is -2.34. The molecule has 1 amide bonds. The van der Waals surface area contributed by atoms with Gasteiger partial charge in [0.25, 0.3) is 0 Å². The zero-order valence-corrected chi connectivity index (χ0v) is 18.5. The minimum atomic E-state index is -0.341. The lowest BCUT2D eigenvalue weighted by atomic mass is 10.1. The molecular weight excluding hydrogens is 413 g/mol. The van der Waals surface area contributed by atoms with E-state index in [1.54, 1.807) is 16.9 Å². The first-order valence-electron chi connectivity index (χ1n) is 10.4. The van der Waals surface area contributed by atoms with E-state index < -0.39 is 0 Å². The molecule has 10 heteroatoms. The molecule has 1 aliphatic rings. The van der Waals surface area contributed by atoms with E-state index in [1.165, 1.54) is 19.2 Å². The number of fused-ring (bicyclic) bond motifs is 1. The second-order valence-corrected chi connectivity index (χ2v) is 7.71. The van der Waals surface area contributed by atoms with Gasteiger partial charge in [-0.3, -0.25) is 9.48 Å². The summed E-state index contributed by atoms with van der Waals surface area (Å²) in [5.74, 6) is 1.28. The summed E-state index contributed by atoms with van der Waals surface area (Å²) >= 11 is 0. The molecule has 2 aromatic heterocycles. The molecule has 1 atom stereocenters. The monoisotopic (exact) mass is 439 g/mol. The van der Waals surface area contributed by atoms with Gasteiger partial charge in [-0.1, -0.05) is 13.0 Å². The predicted molar refractivity (Wildman–Crippen MR) is 119 cm³/mol. The normalized spacial score (nSPS) is 15.3. The van der Waals surface area contributed by atoms with Gasteiger partial charge in [-0.15, -0.1) is 0 Å². The van der Waals surface area contributed by atoms with E-state index in [0.717, 1.165) is 11.1 Å². The van der Waals surface area contributed by atoms with Crippen molar-refractivity contribution in [2.75, 3.05) is 29.7 Å². The number of nitrogens with one attached hydrogen (secondary N) is 2. The third kappa shape index (κ3) is 4.20. The minimum absolute atomic E-state index is 0.0416. The molecule has 4 rings (SSSR count). The highest BCUT2D eigenvalue weighted by Crippen LogP contribution is 2.33. The zero-order valence-electron chi connectivity index (χ0n) is 18.5. The van der Waals surface area contributed by atoms with Crippen LogP contribution in [0.4, 0.5) is 21.8 Å². The summed E-state index contributed by atoms with van der Waals surface area (Å²) in [6.45, 7) is 4.76. The number of carbonyl (C=O) groups excluding carboxylic acids is 1. The molecular formula is C22H26FN7O2. The number of ether oxygens (including phenoxy) is 1. The molecule has 2 N–H and O–H groups in total. The standard InChI is InChI=1S/C22H26FN7O2/c1-5-17-21(31)27-19-13(2)26-22(28-20(19)29(17)3)24-9-14-10-25-30(11-14)12-15-6-7-16(23)8-18(15)32-4/h6-8,10-11,17H,5,9,12H2,1-4H3,(H,27,31)(H,24,26,28)/t17-/m0/s1. The molecule has 3 aromatic rings. The third-order valence-corrected chi connectivity index (χ3v) is 5.53. The third-order valence-electron chi connectivity index (χ3n) is 5.53. The molecule has 0 saturated heterocycles. The summed E-state index contributed by atoms with van der Waals surface area (Å²) in [5, 5.41) is 10.5. The van der Waals surface area contributed by atoms with Crippen LogP contribution in [0, 0.1) is 12.7 Å². The Balaban J connectivity index is 1.46. The van der Waals surface area contributed by atoms with Gasteiger partial charge in [0.05, 0.1) is 25.5 Å². The van der Waals surface area contributed by atoms with Crippen molar-refractivity contribution in [2.24, 2.45) is 0 Å². The molecule has 1 aliphatic heterocycles. The maximum Gasteiger partial charge on any atom is 0.247 e. The molecule has 0 unspecified atom stereocenters. The lowest BCUT2D eigenvalue weighted by molar-refractivity contribution is -0.117. The number of carbonyl (C=O) groups is 1. The number of benzene rings is 1. The molecule has 168 valence electrons. The number of hydrogen-bond donors (Lipinski definition) is 2. The quantitative estimate of drug-likeness (QED) is 0.584. The Morgan fingerprint density at radius 3 is 2.88 bits per heavy atom. The van der Waals surface area contributed by atoms with Crippen LogP contribution in [0.1, 0.15) is 30.2 Å². The number of nitrogens with zero attached hydrogens (tertiary/aromatic N) is 5. The van der Waals surface area contributed by atoms with Crippen LogP contribution >= 0.6 is 0 Å². The van der Waals surface area contributed by atoms with E-state index in [2.05, 4.69) is 25.7 Å². The van der Waals surface area contributed by atoms with Gasteiger partial charge in [0.15, 0.2) is 5.82 Å². The summed E-state index contributed by atoms with van der Waals surface area (Å²) in [5.41, 5.74) is 3.12. The van der Waals surface area contributed by atoms with Crippen molar-refractivity contribution in [3.05, 3.63) is 53.2 Å². The molecule has 0 bridgehead atoms. The smallest absolute Gasteiger partial charge is 0.247 e. The molecule has 1 aromatic carbocycles. The largest absolute Gasteiger partial charge is 0.496 e. The number of likely N-dealkylation sites (N-methyl/N-ethyl adjacent to an activating group) is 1. The van der Waals surface area contributed by atoms with Gasteiger partial charge in [0.2, 0.25) is 11.9 Å². The highest BCUT2D eigenvalue weighted by molar-refractivity contribution is 6.03. The number of hydrogen-bond acceptors (Lipinski definition) is 7. The van der Waals surface area contributed by atoms with Crippen LogP contribution in [0.25, 0.3) is 0 Å². The van der Waals surface area contributed by atoms with Crippen LogP contribution in [-0.2, 0) is 17.9 Å². The molecule has 3 heterocycles. The van der Waals surface area contributed by atoms with Crippen LogP contribution in [0.2, 0.25) is 0 Å². The Morgan fingerprint density at radius 2 is 2.12 bits per heavy atom. The molecule has 9 nitrogen and oxygen atoms in total. The van der Waals surface area contributed by atoms with Crippen molar-refractivity contribution in [3.8, 4) is 5.75 Å². The van der Waals surface area contributed by atoms with Gasteiger partial charge in [-0.05, 0) is 19.4 Å². The fraction of sp³-hybridized carbons (Fsp3) is 0.364. The average molecular weight is 439 g/mol. The number of aromatic nitrogens is 4. The first-order valence-corrected chi connectivity index (χ1v) is 10.4. The number of rotatable bonds is 7. The van der Waals surface area contributed by atoms with Crippen molar-refractivity contribution >= 4 is 23.4 Å². The Hall–Kier alpha value is -3.69. The SMILES string of the molecule is CC[C@H]1C(=O)Nc2c(C)nc(NCc3cnn(Cc4ccc(F)cc4OC)c3)nc2N1C. The van der Waals surface area contributed by atoms with Crippen LogP contribution in [0.3, 0.4) is 0 Å². The summed E-state index contributed by atoms with van der Waals surface area (Å²) in [7, 11) is 3.39. The van der Waals surface area contributed by atoms with Gasteiger partial charge >= 0.3 is 0 Å². The molecule has 0 radical (unpaired) electrons. The van der Waals surface area contributed by atoms with E-state index in [9.17, 15) is 9.18 Å². The van der Waals surface area contributed by atoms with E-state index >= 15 is 0 Å². The molecule has 0 saturated carbocycles. The second-order valence-electron chi connectivity index (χ2n) is 7.71. The summed E-state index contributed by atoms with van der Waals surface area (Å²) in [4.78, 5) is 23.3. The highest BCUT2D eigenvalue weighted by Gasteiger charge is 2.32. The highest BCUT2D eigenvalue weighted by atomic mass is 19.1. The first kappa shape index (κ1) is 21.5. The molecule has 0 aliphatic carbocycles. The number of methoxy groups -OCH3 is 1. The van der Waals surface area contributed by atoms with Crippen molar-refractivity contribution in [2.45, 2.75) is 39.4 Å².